The minimum Gasteiger partial charge on any atom is -0.308 e. The van der Waals surface area contributed by atoms with Crippen LogP contribution in [0, 0.1) is 0 Å². The summed E-state index contributed by atoms with van der Waals surface area (Å²) in [6.45, 7) is 0. The van der Waals surface area contributed by atoms with E-state index in [1.807, 2.05) is 12.1 Å². The molecule has 0 saturated carbocycles. The highest BCUT2D eigenvalue weighted by molar-refractivity contribution is 9.10. The van der Waals surface area contributed by atoms with Gasteiger partial charge in [-0.1, -0.05) is 51.3 Å². The summed E-state index contributed by atoms with van der Waals surface area (Å²) in [5.74, 6) is 0. The zero-order chi connectivity index (χ0) is 13.8. The third kappa shape index (κ3) is 3.86. The molecule has 0 aliphatic carbocycles. The van der Waals surface area contributed by atoms with Crippen LogP contribution in [0.2, 0.25) is 10.0 Å². The minimum atomic E-state index is -0.387. The van der Waals surface area contributed by atoms with E-state index in [2.05, 4.69) is 26.6 Å². The third-order valence-electron chi connectivity index (χ3n) is 2.28. The quantitative estimate of drug-likeness (QED) is 0.740. The third-order valence-corrected chi connectivity index (χ3v) is 3.59. The summed E-state index contributed by atoms with van der Waals surface area (Å²) >= 11 is 15.2. The number of amides is 2. The van der Waals surface area contributed by atoms with Gasteiger partial charge in [-0.25, -0.2) is 4.79 Å². The van der Waals surface area contributed by atoms with Crippen molar-refractivity contribution in [2.24, 2.45) is 0 Å². The Morgan fingerprint density at radius 1 is 1.05 bits per heavy atom. The highest BCUT2D eigenvalue weighted by Crippen LogP contribution is 2.29. The lowest BCUT2D eigenvalue weighted by Gasteiger charge is -2.09. The number of nitrogens with one attached hydrogen (secondary N) is 2. The van der Waals surface area contributed by atoms with Crippen molar-refractivity contribution in [2.45, 2.75) is 0 Å². The number of rotatable bonds is 2. The van der Waals surface area contributed by atoms with Crippen molar-refractivity contribution in [3.05, 3.63) is 57.0 Å². The van der Waals surface area contributed by atoms with Crippen LogP contribution in [0.3, 0.4) is 0 Å². The number of urea groups is 1. The van der Waals surface area contributed by atoms with E-state index in [0.29, 0.717) is 21.4 Å². The molecule has 6 heteroatoms. The minimum absolute atomic E-state index is 0.313. The number of carbonyl (C=O) groups excluding carboxylic acids is 1. The Balaban J connectivity index is 2.08. The van der Waals surface area contributed by atoms with Gasteiger partial charge in [-0.2, -0.15) is 0 Å². The predicted molar refractivity (Wildman–Crippen MR) is 83.2 cm³/mol. The fourth-order valence-corrected chi connectivity index (χ4v) is 2.20. The highest BCUT2D eigenvalue weighted by atomic mass is 79.9. The first-order valence-corrected chi connectivity index (χ1v) is 6.89. The molecule has 0 heterocycles. The molecule has 0 spiro atoms. The number of hydrogen-bond donors (Lipinski definition) is 2. The average molecular weight is 360 g/mol. The average Bonchev–Trinajstić information content (AvgIpc) is 2.35. The van der Waals surface area contributed by atoms with Crippen molar-refractivity contribution in [2.75, 3.05) is 10.6 Å². The van der Waals surface area contributed by atoms with Gasteiger partial charge in [0.05, 0.1) is 15.7 Å². The summed E-state index contributed by atoms with van der Waals surface area (Å²) in [7, 11) is 0. The van der Waals surface area contributed by atoms with Crippen LogP contribution in [-0.2, 0) is 0 Å². The summed E-state index contributed by atoms with van der Waals surface area (Å²) in [6, 6.07) is 11.9. The van der Waals surface area contributed by atoms with E-state index in [9.17, 15) is 4.79 Å². The zero-order valence-corrected chi connectivity index (χ0v) is 12.7. The molecule has 0 radical (unpaired) electrons. The van der Waals surface area contributed by atoms with Gasteiger partial charge in [0.2, 0.25) is 0 Å². The van der Waals surface area contributed by atoms with Crippen LogP contribution >= 0.6 is 39.1 Å². The van der Waals surface area contributed by atoms with Crippen LogP contribution in [0.25, 0.3) is 0 Å². The molecule has 3 nitrogen and oxygen atoms in total. The maximum absolute atomic E-state index is 11.8. The van der Waals surface area contributed by atoms with E-state index in [0.717, 1.165) is 4.47 Å². The lowest BCUT2D eigenvalue weighted by Crippen LogP contribution is -2.19. The predicted octanol–water partition coefficient (Wildman–Crippen LogP) is 5.40. The molecule has 0 atom stereocenters. The van der Waals surface area contributed by atoms with Gasteiger partial charge in [0.1, 0.15) is 0 Å². The monoisotopic (exact) mass is 358 g/mol. The zero-order valence-electron chi connectivity index (χ0n) is 9.58. The van der Waals surface area contributed by atoms with Crippen LogP contribution in [0.4, 0.5) is 16.2 Å². The Bertz CT molecular complexity index is 619. The molecular formula is C13H9BrCl2N2O. The first-order chi connectivity index (χ1) is 9.06. The van der Waals surface area contributed by atoms with E-state index in [4.69, 9.17) is 23.2 Å². The summed E-state index contributed by atoms with van der Waals surface area (Å²) in [6.07, 6.45) is 0. The van der Waals surface area contributed by atoms with E-state index < -0.39 is 0 Å². The van der Waals surface area contributed by atoms with Gasteiger partial charge >= 0.3 is 6.03 Å². The highest BCUT2D eigenvalue weighted by Gasteiger charge is 2.08. The Morgan fingerprint density at radius 3 is 2.53 bits per heavy atom. The Kier molecular flexibility index (Phi) is 4.69. The number of benzene rings is 2. The van der Waals surface area contributed by atoms with Gasteiger partial charge in [0.15, 0.2) is 0 Å². The second-order valence-electron chi connectivity index (χ2n) is 3.69. The largest absolute Gasteiger partial charge is 0.323 e. The molecule has 2 aromatic rings. The van der Waals surface area contributed by atoms with Crippen molar-refractivity contribution < 1.29 is 4.79 Å². The number of hydrogen-bond acceptors (Lipinski definition) is 1. The van der Waals surface area contributed by atoms with Crippen molar-refractivity contribution in [1.82, 2.24) is 0 Å². The molecule has 0 bridgehead atoms. The summed E-state index contributed by atoms with van der Waals surface area (Å²) < 4.78 is 0.881. The molecule has 2 aromatic carbocycles. The molecule has 2 N–H and O–H groups in total. The molecular weight excluding hydrogens is 351 g/mol. The maximum Gasteiger partial charge on any atom is 0.323 e. The van der Waals surface area contributed by atoms with Gasteiger partial charge < -0.3 is 10.6 Å². The normalized spacial score (nSPS) is 10.1. The molecule has 0 unspecified atom stereocenters. The second kappa shape index (κ2) is 6.28. The topological polar surface area (TPSA) is 41.1 Å². The Morgan fingerprint density at radius 2 is 1.79 bits per heavy atom. The summed E-state index contributed by atoms with van der Waals surface area (Å²) in [5, 5.41) is 6.04. The fourth-order valence-electron chi connectivity index (χ4n) is 1.45. The van der Waals surface area contributed by atoms with Gasteiger partial charge in [-0.3, -0.25) is 0 Å². The lowest BCUT2D eigenvalue weighted by molar-refractivity contribution is 0.262. The number of halogens is 3. The van der Waals surface area contributed by atoms with Crippen LogP contribution in [-0.4, -0.2) is 6.03 Å². The lowest BCUT2D eigenvalue weighted by atomic mass is 10.3. The van der Waals surface area contributed by atoms with Crippen molar-refractivity contribution in [1.29, 1.82) is 0 Å². The molecule has 0 aromatic heterocycles. The molecule has 0 aliphatic rings. The molecule has 19 heavy (non-hydrogen) atoms. The van der Waals surface area contributed by atoms with E-state index >= 15 is 0 Å². The van der Waals surface area contributed by atoms with Gasteiger partial charge in [0, 0.05) is 10.2 Å². The molecule has 0 aliphatic heterocycles. The van der Waals surface area contributed by atoms with E-state index in [-0.39, 0.29) is 6.03 Å². The van der Waals surface area contributed by atoms with Crippen LogP contribution in [0.1, 0.15) is 0 Å². The Hall–Kier alpha value is -1.23. The Labute approximate surface area is 129 Å². The van der Waals surface area contributed by atoms with Crippen molar-refractivity contribution >= 4 is 56.5 Å². The van der Waals surface area contributed by atoms with Crippen molar-refractivity contribution in [3.63, 3.8) is 0 Å². The van der Waals surface area contributed by atoms with Crippen molar-refractivity contribution in [3.8, 4) is 0 Å². The van der Waals surface area contributed by atoms with Crippen LogP contribution in [0.5, 0.6) is 0 Å². The van der Waals surface area contributed by atoms with Gasteiger partial charge in [-0.05, 0) is 30.3 Å². The van der Waals surface area contributed by atoms with Crippen LogP contribution < -0.4 is 10.6 Å². The standard InChI is InChI=1S/C13H9BrCl2N2O/c14-8-3-1-4-9(7-8)17-13(19)18-11-6-2-5-10(15)12(11)16/h1-7H,(H2,17,18,19). The molecule has 2 rings (SSSR count). The second-order valence-corrected chi connectivity index (χ2v) is 5.39. The molecule has 98 valence electrons. The van der Waals surface area contributed by atoms with E-state index in [1.165, 1.54) is 0 Å². The smallest absolute Gasteiger partial charge is 0.308 e. The summed E-state index contributed by atoms with van der Waals surface area (Å²) in [5.41, 5.74) is 1.13. The first-order valence-electron chi connectivity index (χ1n) is 5.34. The SMILES string of the molecule is O=C(Nc1cccc(Br)c1)Nc1cccc(Cl)c1Cl. The number of carbonyl (C=O) groups is 1. The maximum atomic E-state index is 11.8. The molecule has 2 amide bonds. The molecule has 0 fully saturated rings. The summed E-state index contributed by atoms with van der Waals surface area (Å²) in [4.78, 5) is 11.8. The van der Waals surface area contributed by atoms with E-state index in [1.54, 1.807) is 30.3 Å². The number of anilines is 2. The first kappa shape index (κ1) is 14.2. The molecule has 0 saturated heterocycles. The van der Waals surface area contributed by atoms with Gasteiger partial charge in [-0.15, -0.1) is 0 Å². The van der Waals surface area contributed by atoms with Crippen LogP contribution in [0.15, 0.2) is 46.9 Å². The van der Waals surface area contributed by atoms with Gasteiger partial charge in [0.25, 0.3) is 0 Å². The fraction of sp³-hybridized carbons (Fsp3) is 0.